The van der Waals surface area contributed by atoms with E-state index in [4.69, 9.17) is 0 Å². The van der Waals surface area contributed by atoms with E-state index in [9.17, 15) is 21.6 Å². The van der Waals surface area contributed by atoms with E-state index >= 15 is 0 Å². The average Bonchev–Trinajstić information content (AvgIpc) is 2.52. The molecule has 2 N–H and O–H groups in total. The van der Waals surface area contributed by atoms with Crippen LogP contribution in [0.1, 0.15) is 31.9 Å². The first kappa shape index (κ1) is 19.2. The Balaban J connectivity index is 2.09. The molecule has 0 amide bonds. The number of benzene rings is 1. The highest BCUT2D eigenvalue weighted by atomic mass is 32.2. The van der Waals surface area contributed by atoms with Gasteiger partial charge in [0.15, 0.2) is 0 Å². The first-order valence-corrected chi connectivity index (χ1v) is 8.79. The van der Waals surface area contributed by atoms with Gasteiger partial charge in [0.1, 0.15) is 5.82 Å². The van der Waals surface area contributed by atoms with Crippen LogP contribution in [0.25, 0.3) is 0 Å². The average molecular weight is 373 g/mol. The second kappa shape index (κ2) is 6.64. The van der Waals surface area contributed by atoms with E-state index in [1.54, 1.807) is 12.1 Å². The van der Waals surface area contributed by atoms with Crippen molar-refractivity contribution in [3.8, 4) is 0 Å². The summed E-state index contributed by atoms with van der Waals surface area (Å²) in [4.78, 5) is 5.64. The molecule has 0 unspecified atom stereocenters. The first-order valence-electron chi connectivity index (χ1n) is 7.31. The predicted molar refractivity (Wildman–Crippen MR) is 88.3 cm³/mol. The quantitative estimate of drug-likeness (QED) is 0.802. The fourth-order valence-corrected chi connectivity index (χ4v) is 2.80. The van der Waals surface area contributed by atoms with Crippen molar-refractivity contribution in [2.45, 2.75) is 37.3 Å². The van der Waals surface area contributed by atoms with Crippen molar-refractivity contribution in [1.82, 2.24) is 9.82 Å². The predicted octanol–water partition coefficient (Wildman–Crippen LogP) is 3.70. The minimum atomic E-state index is -4.50. The minimum Gasteiger partial charge on any atom is -0.292 e. The molecular weight excluding hydrogens is 355 g/mol. The van der Waals surface area contributed by atoms with Crippen LogP contribution in [0.3, 0.4) is 0 Å². The van der Waals surface area contributed by atoms with E-state index in [-0.39, 0.29) is 16.1 Å². The standard InChI is InChI=1S/C16H18F3N3O2S/c1-15(2,3)11-4-7-13(8-5-11)25(23,24)22-21-14-9-6-12(10-20-14)16(17,18)19/h4-10,22H,1-3H3,(H,20,21). The van der Waals surface area contributed by atoms with Crippen LogP contribution in [0, 0.1) is 0 Å². The van der Waals surface area contributed by atoms with Crippen LogP contribution >= 0.6 is 0 Å². The van der Waals surface area contributed by atoms with Crippen molar-refractivity contribution in [2.24, 2.45) is 0 Å². The van der Waals surface area contributed by atoms with Gasteiger partial charge in [-0.2, -0.15) is 13.2 Å². The van der Waals surface area contributed by atoms with Gasteiger partial charge < -0.3 is 0 Å². The Morgan fingerprint density at radius 2 is 1.48 bits per heavy atom. The third-order valence-corrected chi connectivity index (χ3v) is 4.70. The Kier molecular flexibility index (Phi) is 5.10. The normalized spacial score (nSPS) is 12.9. The van der Waals surface area contributed by atoms with E-state index in [1.807, 2.05) is 20.8 Å². The van der Waals surface area contributed by atoms with Crippen molar-refractivity contribution < 1.29 is 21.6 Å². The van der Waals surface area contributed by atoms with Gasteiger partial charge in [0, 0.05) is 6.20 Å². The number of hydrazine groups is 1. The van der Waals surface area contributed by atoms with Crippen molar-refractivity contribution >= 4 is 15.8 Å². The van der Waals surface area contributed by atoms with E-state index in [2.05, 4.69) is 15.2 Å². The molecule has 0 spiro atoms. The van der Waals surface area contributed by atoms with E-state index in [0.717, 1.165) is 17.7 Å². The van der Waals surface area contributed by atoms with E-state index in [0.29, 0.717) is 6.20 Å². The van der Waals surface area contributed by atoms with Gasteiger partial charge in [-0.3, -0.25) is 5.43 Å². The van der Waals surface area contributed by atoms with Gasteiger partial charge in [-0.05, 0) is 35.2 Å². The molecule has 0 aliphatic heterocycles. The van der Waals surface area contributed by atoms with Crippen molar-refractivity contribution in [3.05, 3.63) is 53.7 Å². The number of alkyl halides is 3. The Labute approximate surface area is 144 Å². The Bertz CT molecular complexity index is 825. The van der Waals surface area contributed by atoms with Crippen LogP contribution in [0.15, 0.2) is 47.5 Å². The highest BCUT2D eigenvalue weighted by Gasteiger charge is 2.30. The number of halogens is 3. The third-order valence-electron chi connectivity index (χ3n) is 3.43. The van der Waals surface area contributed by atoms with Gasteiger partial charge in [-0.15, -0.1) is 4.83 Å². The minimum absolute atomic E-state index is 0.0277. The lowest BCUT2D eigenvalue weighted by atomic mass is 9.87. The molecule has 136 valence electrons. The number of nitrogens with zero attached hydrogens (tertiary/aromatic N) is 1. The second-order valence-corrected chi connectivity index (χ2v) is 8.12. The smallest absolute Gasteiger partial charge is 0.292 e. The zero-order valence-electron chi connectivity index (χ0n) is 13.8. The summed E-state index contributed by atoms with van der Waals surface area (Å²) in [6.45, 7) is 6.02. The molecule has 0 saturated carbocycles. The van der Waals surface area contributed by atoms with E-state index < -0.39 is 21.8 Å². The molecule has 9 heteroatoms. The largest absolute Gasteiger partial charge is 0.417 e. The van der Waals surface area contributed by atoms with Crippen LogP contribution < -0.4 is 10.3 Å². The van der Waals surface area contributed by atoms with Gasteiger partial charge in [0.25, 0.3) is 10.0 Å². The fraction of sp³-hybridized carbons (Fsp3) is 0.312. The molecule has 0 atom stereocenters. The lowest BCUT2D eigenvalue weighted by Gasteiger charge is -2.19. The van der Waals surface area contributed by atoms with Gasteiger partial charge in [0.05, 0.1) is 10.5 Å². The summed E-state index contributed by atoms with van der Waals surface area (Å²) < 4.78 is 61.8. The highest BCUT2D eigenvalue weighted by molar-refractivity contribution is 7.89. The molecule has 2 rings (SSSR count). The number of nitrogens with one attached hydrogen (secondary N) is 2. The zero-order valence-corrected chi connectivity index (χ0v) is 14.7. The summed E-state index contributed by atoms with van der Waals surface area (Å²) >= 11 is 0. The highest BCUT2D eigenvalue weighted by Crippen LogP contribution is 2.28. The van der Waals surface area contributed by atoms with E-state index in [1.165, 1.54) is 12.1 Å². The summed E-state index contributed by atoms with van der Waals surface area (Å²) in [5, 5.41) is 0. The lowest BCUT2D eigenvalue weighted by Crippen LogP contribution is -2.30. The SMILES string of the molecule is CC(C)(C)c1ccc(S(=O)(=O)NNc2ccc(C(F)(F)F)cn2)cc1. The molecule has 1 heterocycles. The van der Waals surface area contributed by atoms with Gasteiger partial charge in [-0.25, -0.2) is 13.4 Å². The van der Waals surface area contributed by atoms with Crippen molar-refractivity contribution in [2.75, 3.05) is 5.43 Å². The number of aromatic nitrogens is 1. The molecule has 2 aromatic rings. The van der Waals surface area contributed by atoms with Crippen LogP contribution in [0.5, 0.6) is 0 Å². The Morgan fingerprint density at radius 1 is 0.920 bits per heavy atom. The molecule has 1 aromatic carbocycles. The summed E-state index contributed by atoms with van der Waals surface area (Å²) in [5.41, 5.74) is 2.24. The maximum atomic E-state index is 12.5. The van der Waals surface area contributed by atoms with Gasteiger partial charge in [0.2, 0.25) is 0 Å². The van der Waals surface area contributed by atoms with Crippen LogP contribution in [0.2, 0.25) is 0 Å². The maximum absolute atomic E-state index is 12.5. The zero-order chi connectivity index (χ0) is 18.9. The summed E-state index contributed by atoms with van der Waals surface area (Å²) in [6, 6.07) is 8.20. The molecule has 25 heavy (non-hydrogen) atoms. The molecule has 0 saturated heterocycles. The number of hydrogen-bond acceptors (Lipinski definition) is 4. The first-order chi connectivity index (χ1) is 11.4. The van der Waals surface area contributed by atoms with Gasteiger partial charge >= 0.3 is 6.18 Å². The van der Waals surface area contributed by atoms with Crippen LogP contribution in [-0.2, 0) is 21.6 Å². The monoisotopic (exact) mass is 373 g/mol. The number of hydrogen-bond donors (Lipinski definition) is 2. The molecule has 0 aliphatic carbocycles. The lowest BCUT2D eigenvalue weighted by molar-refractivity contribution is -0.137. The van der Waals surface area contributed by atoms with Crippen LogP contribution in [-0.4, -0.2) is 13.4 Å². The molecule has 0 bridgehead atoms. The summed E-state index contributed by atoms with van der Waals surface area (Å²) in [5.74, 6) is -0.0529. The number of anilines is 1. The number of rotatable bonds is 4. The molecule has 1 aromatic heterocycles. The maximum Gasteiger partial charge on any atom is 0.417 e. The Hall–Kier alpha value is -2.13. The molecule has 0 fully saturated rings. The van der Waals surface area contributed by atoms with Crippen LogP contribution in [0.4, 0.5) is 19.0 Å². The second-order valence-electron chi connectivity index (χ2n) is 6.43. The molecule has 0 aliphatic rings. The summed E-state index contributed by atoms with van der Waals surface area (Å²) in [7, 11) is -3.88. The topological polar surface area (TPSA) is 71.1 Å². The fourth-order valence-electron chi connectivity index (χ4n) is 1.95. The molecular formula is C16H18F3N3O2S. The number of sulfonamides is 1. The number of pyridine rings is 1. The van der Waals surface area contributed by atoms with Crippen molar-refractivity contribution in [1.29, 1.82) is 0 Å². The van der Waals surface area contributed by atoms with Crippen molar-refractivity contribution in [3.63, 3.8) is 0 Å². The molecule has 0 radical (unpaired) electrons. The van der Waals surface area contributed by atoms with Gasteiger partial charge in [-0.1, -0.05) is 32.9 Å². The molecule has 5 nitrogen and oxygen atoms in total. The Morgan fingerprint density at radius 3 is 1.92 bits per heavy atom. The third kappa shape index (κ3) is 4.93. The summed E-state index contributed by atoms with van der Waals surface area (Å²) in [6.07, 6.45) is -3.88.